The Bertz CT molecular complexity index is 1020. The van der Waals surface area contributed by atoms with Crippen LogP contribution in [0.1, 0.15) is 0 Å². The van der Waals surface area contributed by atoms with Gasteiger partial charge in [-0.2, -0.15) is 4.98 Å². The number of amides is 2. The minimum absolute atomic E-state index is 0.193. The van der Waals surface area contributed by atoms with Gasteiger partial charge in [-0.15, -0.1) is 0 Å². The Morgan fingerprint density at radius 3 is 2.64 bits per heavy atom. The molecule has 0 saturated carbocycles. The molecule has 7 nitrogen and oxygen atoms in total. The van der Waals surface area contributed by atoms with Crippen molar-refractivity contribution < 1.29 is 14.2 Å². The number of nitrogens with zero attached hydrogens (tertiary/aromatic N) is 1. The Labute approximate surface area is 145 Å². The van der Waals surface area contributed by atoms with E-state index in [9.17, 15) is 14.0 Å². The average Bonchev–Trinajstić information content (AvgIpc) is 2.57. The van der Waals surface area contributed by atoms with Crippen LogP contribution in [0, 0.1) is 5.82 Å². The highest BCUT2D eigenvalue weighted by Crippen LogP contribution is 2.20. The van der Waals surface area contributed by atoms with Crippen molar-refractivity contribution in [1.82, 2.24) is 5.32 Å². The first kappa shape index (κ1) is 16.5. The van der Waals surface area contributed by atoms with Crippen LogP contribution < -0.4 is 26.9 Å². The van der Waals surface area contributed by atoms with E-state index in [2.05, 4.69) is 20.6 Å². The van der Waals surface area contributed by atoms with Gasteiger partial charge in [-0.25, -0.2) is 14.0 Å². The number of aromatic amines is 1. The third-order valence-corrected chi connectivity index (χ3v) is 4.09. The van der Waals surface area contributed by atoms with Crippen LogP contribution in [0.3, 0.4) is 0 Å². The number of hydrogen-bond donors (Lipinski definition) is 3. The summed E-state index contributed by atoms with van der Waals surface area (Å²) in [5.74, 6) is -0.601. The molecule has 0 spiro atoms. The summed E-state index contributed by atoms with van der Waals surface area (Å²) in [5.41, 5.74) is 5.78. The number of aliphatic imine (C=N–C) groups is 1. The van der Waals surface area contributed by atoms with E-state index in [0.29, 0.717) is 11.1 Å². The first-order chi connectivity index (χ1) is 12.0. The van der Waals surface area contributed by atoms with E-state index in [1.54, 1.807) is 18.2 Å². The highest BCUT2D eigenvalue weighted by atomic mass is 32.1. The maximum Gasteiger partial charge on any atom is 0.387 e. The molecule has 3 aromatic rings. The fraction of sp³-hybridized carbons (Fsp3) is 0. The second-order valence-corrected chi connectivity index (χ2v) is 5.97. The topological polar surface area (TPSA) is 111 Å². The lowest BCUT2D eigenvalue weighted by atomic mass is 10.3. The van der Waals surface area contributed by atoms with E-state index in [4.69, 9.17) is 5.73 Å². The summed E-state index contributed by atoms with van der Waals surface area (Å²) in [6.07, 6.45) is 0. The largest absolute Gasteiger partial charge is 0.387 e. The summed E-state index contributed by atoms with van der Waals surface area (Å²) in [6.45, 7) is 0. The molecular weight excluding hydrogens is 345 g/mol. The van der Waals surface area contributed by atoms with Gasteiger partial charge in [-0.1, -0.05) is 12.1 Å². The zero-order chi connectivity index (χ0) is 17.8. The van der Waals surface area contributed by atoms with E-state index >= 15 is 0 Å². The number of nitrogens with two attached hydrogens (primary N) is 1. The molecule has 0 unspecified atom stereocenters. The van der Waals surface area contributed by atoms with Crippen LogP contribution in [0.2, 0.25) is 0 Å². The lowest BCUT2D eigenvalue weighted by molar-refractivity contribution is -0.375. The molecule has 9 heteroatoms. The summed E-state index contributed by atoms with van der Waals surface area (Å²) in [6, 6.07) is 11.7. The zero-order valence-corrected chi connectivity index (χ0v) is 13.6. The smallest absolute Gasteiger partial charge is 0.348 e. The predicted octanol–water partition coefficient (Wildman–Crippen LogP) is 1.98. The molecule has 126 valence electrons. The Kier molecular flexibility index (Phi) is 4.66. The van der Waals surface area contributed by atoms with Gasteiger partial charge < -0.3 is 11.1 Å². The van der Waals surface area contributed by atoms with E-state index in [-0.39, 0.29) is 16.7 Å². The van der Waals surface area contributed by atoms with Crippen LogP contribution in [0.4, 0.5) is 20.0 Å². The number of fused-ring (bicyclic) bond motifs is 1. The fourth-order valence-electron chi connectivity index (χ4n) is 2.04. The van der Waals surface area contributed by atoms with Gasteiger partial charge in [-0.05, 0) is 47.7 Å². The first-order valence-corrected chi connectivity index (χ1v) is 7.96. The molecule has 0 saturated heterocycles. The highest BCUT2D eigenvalue weighted by molar-refractivity contribution is 7.21. The van der Waals surface area contributed by atoms with E-state index < -0.39 is 11.8 Å². The van der Waals surface area contributed by atoms with E-state index in [1.165, 1.54) is 35.6 Å². The quantitative estimate of drug-likeness (QED) is 0.481. The van der Waals surface area contributed by atoms with Crippen LogP contribution >= 0.6 is 11.3 Å². The maximum atomic E-state index is 12.8. The summed E-state index contributed by atoms with van der Waals surface area (Å²) in [4.78, 5) is 30.4. The molecule has 1 aromatic heterocycles. The van der Waals surface area contributed by atoms with Gasteiger partial charge in [0.25, 0.3) is 0 Å². The number of guanidine groups is 1. The summed E-state index contributed by atoms with van der Waals surface area (Å²) in [7, 11) is 0. The van der Waals surface area contributed by atoms with Crippen molar-refractivity contribution in [1.29, 1.82) is 0 Å². The molecule has 1 heterocycles. The number of halogens is 1. The Morgan fingerprint density at radius 2 is 1.88 bits per heavy atom. The standard InChI is InChI=1S/C16H12FN5O2S/c17-9-5-7-10(8-6-9)19-15(24)21-14(18)22-16-20-13(23)11-3-1-2-4-12(11)25-16/h1-8H,(H4,18,19,20,21,22,23,24)/p+1. The predicted molar refractivity (Wildman–Crippen MR) is 94.5 cm³/mol. The number of rotatable bonds is 2. The van der Waals surface area contributed by atoms with Gasteiger partial charge in [0.1, 0.15) is 5.82 Å². The van der Waals surface area contributed by atoms with Crippen molar-refractivity contribution in [2.45, 2.75) is 0 Å². The van der Waals surface area contributed by atoms with Crippen LogP contribution in [-0.4, -0.2) is 12.0 Å². The molecule has 25 heavy (non-hydrogen) atoms. The molecule has 0 bridgehead atoms. The molecular formula is C16H13FN5O2S+. The van der Waals surface area contributed by atoms with Crippen LogP contribution in [-0.2, 0) is 0 Å². The van der Waals surface area contributed by atoms with Crippen LogP contribution in [0.15, 0.2) is 58.3 Å². The average molecular weight is 358 g/mol. The summed E-state index contributed by atoms with van der Waals surface area (Å²) in [5, 5.41) is 5.61. The molecule has 0 aliphatic heterocycles. The van der Waals surface area contributed by atoms with E-state index in [0.717, 1.165) is 4.70 Å². The number of aromatic nitrogens is 1. The minimum Gasteiger partial charge on any atom is -0.348 e. The van der Waals surface area contributed by atoms with Crippen molar-refractivity contribution in [3.05, 3.63) is 64.7 Å². The molecule has 3 rings (SSSR count). The van der Waals surface area contributed by atoms with E-state index in [1.807, 2.05) is 6.07 Å². The van der Waals surface area contributed by atoms with Gasteiger partial charge in [0.05, 0.1) is 10.1 Å². The second-order valence-electron chi connectivity index (χ2n) is 4.94. The SMILES string of the molecule is NC(=Nc1[nH+]c(=O)c2ccccc2s1)NC(=O)Nc1ccc(F)cc1. The Morgan fingerprint density at radius 1 is 1.16 bits per heavy atom. The number of anilines is 1. The van der Waals surface area contributed by atoms with Gasteiger partial charge in [0.2, 0.25) is 0 Å². The molecule has 0 atom stereocenters. The van der Waals surface area contributed by atoms with Crippen molar-refractivity contribution in [3.63, 3.8) is 0 Å². The molecule has 2 amide bonds. The van der Waals surface area contributed by atoms with Gasteiger partial charge in [-0.3, -0.25) is 5.32 Å². The Balaban J connectivity index is 1.74. The molecule has 0 aliphatic rings. The molecule has 0 aliphatic carbocycles. The normalized spacial score (nSPS) is 11.3. The monoisotopic (exact) mass is 358 g/mol. The number of benzene rings is 2. The Hall–Kier alpha value is -3.33. The number of carbonyl (C=O) groups excluding carboxylic acids is 1. The van der Waals surface area contributed by atoms with Crippen LogP contribution in [0.5, 0.6) is 0 Å². The number of carbonyl (C=O) groups is 1. The lowest BCUT2D eigenvalue weighted by Gasteiger charge is -2.04. The molecule has 2 aromatic carbocycles. The minimum atomic E-state index is -0.638. The van der Waals surface area contributed by atoms with Gasteiger partial charge in [0.15, 0.2) is 0 Å². The van der Waals surface area contributed by atoms with Crippen LogP contribution in [0.25, 0.3) is 10.1 Å². The molecule has 5 N–H and O–H groups in total. The highest BCUT2D eigenvalue weighted by Gasteiger charge is 2.13. The first-order valence-electron chi connectivity index (χ1n) is 7.14. The number of H-pyrrole nitrogens is 1. The summed E-state index contributed by atoms with van der Waals surface area (Å²) >= 11 is 1.23. The maximum absolute atomic E-state index is 12.8. The number of hydrogen-bond acceptors (Lipinski definition) is 4. The molecule has 0 radical (unpaired) electrons. The van der Waals surface area contributed by atoms with Crippen molar-refractivity contribution >= 4 is 44.2 Å². The van der Waals surface area contributed by atoms with Crippen molar-refractivity contribution in [3.8, 4) is 0 Å². The van der Waals surface area contributed by atoms with Crippen molar-refractivity contribution in [2.24, 2.45) is 10.7 Å². The third-order valence-electron chi connectivity index (χ3n) is 3.12. The molecule has 0 fully saturated rings. The summed E-state index contributed by atoms with van der Waals surface area (Å²) < 4.78 is 13.6. The number of urea groups is 1. The second kappa shape index (κ2) is 7.05. The lowest BCUT2D eigenvalue weighted by Crippen LogP contribution is -2.39. The fourth-order valence-corrected chi connectivity index (χ4v) is 2.95. The van der Waals surface area contributed by atoms with Gasteiger partial charge >= 0.3 is 22.7 Å². The van der Waals surface area contributed by atoms with Crippen molar-refractivity contribution in [2.75, 3.05) is 5.32 Å². The number of nitrogens with one attached hydrogen (secondary N) is 3. The van der Waals surface area contributed by atoms with Gasteiger partial charge in [0, 0.05) is 10.7 Å². The zero-order valence-electron chi connectivity index (χ0n) is 12.7. The third kappa shape index (κ3) is 4.15.